The molecule has 10 heteroatoms. The summed E-state index contributed by atoms with van der Waals surface area (Å²) in [6.45, 7) is 0.246. The van der Waals surface area contributed by atoms with Crippen LogP contribution >= 0.6 is 27.5 Å². The molecular weight excluding hydrogens is 531 g/mol. The molecule has 7 nitrogen and oxygen atoms in total. The van der Waals surface area contributed by atoms with Gasteiger partial charge in [-0.25, -0.2) is 4.39 Å². The highest BCUT2D eigenvalue weighted by molar-refractivity contribution is 9.10. The Labute approximate surface area is 209 Å². The van der Waals surface area contributed by atoms with Gasteiger partial charge in [0.05, 0.1) is 16.0 Å². The van der Waals surface area contributed by atoms with E-state index in [1.54, 1.807) is 0 Å². The first-order valence-corrected chi connectivity index (χ1v) is 11.4. The predicted molar refractivity (Wildman–Crippen MR) is 130 cm³/mol. The van der Waals surface area contributed by atoms with Crippen LogP contribution < -0.4 is 15.5 Å². The summed E-state index contributed by atoms with van der Waals surface area (Å²) in [6, 6.07) is 13.4. The standard InChI is InChI=1S/C24H23BrClFN2O5/c1-32-20(33-2)13-29-12-17(25)22(30)23(34-14-15-6-4-3-5-7-15)21(29)24(31)28-11-16-8-9-19(27)18(26)10-16/h3-10,12,20H,11,13-14H2,1-2H3,(H,28,31). The smallest absolute Gasteiger partial charge is 0.272 e. The van der Waals surface area contributed by atoms with E-state index in [0.717, 1.165) is 5.56 Å². The van der Waals surface area contributed by atoms with E-state index < -0.39 is 23.4 Å². The van der Waals surface area contributed by atoms with Gasteiger partial charge in [0, 0.05) is 27.0 Å². The number of carbonyl (C=O) groups is 1. The first-order chi connectivity index (χ1) is 16.3. The Balaban J connectivity index is 1.97. The van der Waals surface area contributed by atoms with Crippen molar-refractivity contribution in [3.05, 3.63) is 97.1 Å². The molecule has 0 saturated heterocycles. The molecule has 1 aromatic heterocycles. The summed E-state index contributed by atoms with van der Waals surface area (Å²) >= 11 is 9.09. The number of nitrogens with zero attached hydrogens (tertiary/aromatic N) is 1. The lowest BCUT2D eigenvalue weighted by atomic mass is 10.2. The summed E-state index contributed by atoms with van der Waals surface area (Å²) in [7, 11) is 2.94. The van der Waals surface area contributed by atoms with Gasteiger partial charge in [-0.05, 0) is 39.2 Å². The second-order valence-electron chi connectivity index (χ2n) is 7.24. The molecule has 180 valence electrons. The number of aromatic nitrogens is 1. The van der Waals surface area contributed by atoms with Crippen LogP contribution in [0.3, 0.4) is 0 Å². The highest BCUT2D eigenvalue weighted by Gasteiger charge is 2.24. The summed E-state index contributed by atoms with van der Waals surface area (Å²) in [4.78, 5) is 26.3. The number of ether oxygens (including phenoxy) is 3. The fourth-order valence-electron chi connectivity index (χ4n) is 3.17. The lowest BCUT2D eigenvalue weighted by Gasteiger charge is -2.21. The number of hydrogen-bond donors (Lipinski definition) is 1. The van der Waals surface area contributed by atoms with Gasteiger partial charge >= 0.3 is 0 Å². The Morgan fingerprint density at radius 1 is 1.15 bits per heavy atom. The SMILES string of the molecule is COC(Cn1cc(Br)c(=O)c(OCc2ccccc2)c1C(=O)NCc1ccc(F)c(Cl)c1)OC. The Kier molecular flexibility index (Phi) is 9.23. The van der Waals surface area contributed by atoms with Crippen molar-refractivity contribution in [2.75, 3.05) is 14.2 Å². The number of halogens is 3. The van der Waals surface area contributed by atoms with Crippen LogP contribution in [-0.4, -0.2) is 31.0 Å². The van der Waals surface area contributed by atoms with Gasteiger partial charge in [-0.2, -0.15) is 0 Å². The fourth-order valence-corrected chi connectivity index (χ4v) is 3.80. The zero-order valence-electron chi connectivity index (χ0n) is 18.5. The maximum atomic E-state index is 13.5. The van der Waals surface area contributed by atoms with Crippen molar-refractivity contribution in [1.82, 2.24) is 9.88 Å². The van der Waals surface area contributed by atoms with Gasteiger partial charge in [0.1, 0.15) is 12.4 Å². The van der Waals surface area contributed by atoms with Crippen LogP contribution in [0.4, 0.5) is 4.39 Å². The number of carbonyl (C=O) groups excluding carboxylic acids is 1. The molecule has 0 fully saturated rings. The van der Waals surface area contributed by atoms with E-state index in [-0.39, 0.29) is 40.6 Å². The Bertz CT molecular complexity index is 1200. The Hall–Kier alpha value is -2.72. The zero-order chi connectivity index (χ0) is 24.7. The average molecular weight is 554 g/mol. The molecule has 2 aromatic carbocycles. The van der Waals surface area contributed by atoms with E-state index in [1.807, 2.05) is 30.3 Å². The molecule has 0 aliphatic heterocycles. The van der Waals surface area contributed by atoms with E-state index in [0.29, 0.717) is 5.56 Å². The van der Waals surface area contributed by atoms with Gasteiger partial charge in [-0.3, -0.25) is 9.59 Å². The van der Waals surface area contributed by atoms with E-state index in [4.69, 9.17) is 25.8 Å². The molecule has 3 aromatic rings. The summed E-state index contributed by atoms with van der Waals surface area (Å²) in [6.07, 6.45) is 0.797. The van der Waals surface area contributed by atoms with Gasteiger partial charge in [0.25, 0.3) is 5.91 Å². The second kappa shape index (κ2) is 12.1. The van der Waals surface area contributed by atoms with Crippen molar-refractivity contribution in [3.8, 4) is 5.75 Å². The third kappa shape index (κ3) is 6.44. The predicted octanol–water partition coefficient (Wildman–Crippen LogP) is 4.53. The van der Waals surface area contributed by atoms with Crippen molar-refractivity contribution in [3.63, 3.8) is 0 Å². The summed E-state index contributed by atoms with van der Waals surface area (Å²) in [5.74, 6) is -1.25. The molecule has 34 heavy (non-hydrogen) atoms. The summed E-state index contributed by atoms with van der Waals surface area (Å²) in [5, 5.41) is 2.69. The lowest BCUT2D eigenvalue weighted by molar-refractivity contribution is -0.111. The first kappa shape index (κ1) is 25.9. The van der Waals surface area contributed by atoms with Crippen molar-refractivity contribution in [2.45, 2.75) is 26.0 Å². The lowest BCUT2D eigenvalue weighted by Crippen LogP contribution is -2.32. The van der Waals surface area contributed by atoms with Crippen LogP contribution in [0.2, 0.25) is 5.02 Å². The number of benzene rings is 2. The molecule has 0 bridgehead atoms. The largest absolute Gasteiger partial charge is 0.483 e. The molecule has 3 rings (SSSR count). The van der Waals surface area contributed by atoms with Gasteiger partial charge in [-0.15, -0.1) is 0 Å². The van der Waals surface area contributed by atoms with E-state index in [9.17, 15) is 14.0 Å². The van der Waals surface area contributed by atoms with Crippen molar-refractivity contribution in [2.24, 2.45) is 0 Å². The van der Waals surface area contributed by atoms with Crippen LogP contribution in [-0.2, 0) is 29.2 Å². The maximum Gasteiger partial charge on any atom is 0.272 e. The summed E-state index contributed by atoms with van der Waals surface area (Å²) in [5.41, 5.74) is 0.932. The molecule has 0 aliphatic carbocycles. The quantitative estimate of drug-likeness (QED) is 0.373. The van der Waals surface area contributed by atoms with E-state index in [1.165, 1.54) is 43.2 Å². The van der Waals surface area contributed by atoms with Gasteiger partial charge in [0.2, 0.25) is 5.43 Å². The number of hydrogen-bond acceptors (Lipinski definition) is 5. The minimum absolute atomic E-state index is 0.00330. The van der Waals surface area contributed by atoms with Crippen LogP contribution in [0.15, 0.2) is 64.0 Å². The molecule has 0 radical (unpaired) electrons. The molecule has 0 saturated carbocycles. The number of nitrogens with one attached hydrogen (secondary N) is 1. The maximum absolute atomic E-state index is 13.5. The fraction of sp³-hybridized carbons (Fsp3) is 0.250. The molecule has 1 amide bonds. The van der Waals surface area contributed by atoms with Crippen LogP contribution in [0.1, 0.15) is 21.6 Å². The van der Waals surface area contributed by atoms with Crippen LogP contribution in [0.25, 0.3) is 0 Å². The van der Waals surface area contributed by atoms with Crippen molar-refractivity contribution in [1.29, 1.82) is 0 Å². The highest BCUT2D eigenvalue weighted by Crippen LogP contribution is 2.21. The van der Waals surface area contributed by atoms with Gasteiger partial charge < -0.3 is 24.1 Å². The zero-order valence-corrected chi connectivity index (χ0v) is 20.9. The molecule has 0 atom stereocenters. The molecule has 0 aliphatic rings. The Morgan fingerprint density at radius 3 is 2.50 bits per heavy atom. The Morgan fingerprint density at radius 2 is 1.85 bits per heavy atom. The average Bonchev–Trinajstić information content (AvgIpc) is 2.84. The monoisotopic (exact) mass is 552 g/mol. The number of methoxy groups -OCH3 is 2. The van der Waals surface area contributed by atoms with Crippen molar-refractivity contribution < 1.29 is 23.4 Å². The molecular formula is C24H23BrClFN2O5. The van der Waals surface area contributed by atoms with Crippen LogP contribution in [0.5, 0.6) is 5.75 Å². The van der Waals surface area contributed by atoms with Crippen molar-refractivity contribution >= 4 is 33.4 Å². The number of rotatable bonds is 10. The molecule has 1 heterocycles. The molecule has 1 N–H and O–H groups in total. The third-order valence-electron chi connectivity index (χ3n) is 4.94. The van der Waals surface area contributed by atoms with Gasteiger partial charge in [0.15, 0.2) is 17.7 Å². The normalized spacial score (nSPS) is 11.0. The van der Waals surface area contributed by atoms with E-state index >= 15 is 0 Å². The summed E-state index contributed by atoms with van der Waals surface area (Å²) < 4.78 is 31.6. The number of pyridine rings is 1. The number of amides is 1. The third-order valence-corrected chi connectivity index (χ3v) is 5.80. The highest BCUT2D eigenvalue weighted by atomic mass is 79.9. The topological polar surface area (TPSA) is 78.8 Å². The molecule has 0 spiro atoms. The second-order valence-corrected chi connectivity index (χ2v) is 8.50. The van der Waals surface area contributed by atoms with Crippen LogP contribution in [0, 0.1) is 5.82 Å². The first-order valence-electron chi connectivity index (χ1n) is 10.2. The minimum Gasteiger partial charge on any atom is -0.483 e. The molecule has 0 unspecified atom stereocenters. The van der Waals surface area contributed by atoms with E-state index in [2.05, 4.69) is 21.2 Å². The van der Waals surface area contributed by atoms with Gasteiger partial charge in [-0.1, -0.05) is 48.0 Å². The minimum atomic E-state index is -0.682.